The van der Waals surface area contributed by atoms with E-state index in [1.54, 1.807) is 28.4 Å². The average Bonchev–Trinajstić information content (AvgIpc) is 2.95. The van der Waals surface area contributed by atoms with E-state index in [0.29, 0.717) is 17.2 Å². The van der Waals surface area contributed by atoms with Gasteiger partial charge in [-0.15, -0.1) is 0 Å². The Morgan fingerprint density at radius 1 is 0.739 bits per heavy atom. The molecule has 1 heterocycles. The molecule has 0 aliphatic rings. The van der Waals surface area contributed by atoms with Crippen molar-refractivity contribution in [2.75, 3.05) is 28.4 Å². The number of hydrogen-bond donors (Lipinski definition) is 1. The minimum Gasteiger partial charge on any atom is -0.495 e. The van der Waals surface area contributed by atoms with Crippen LogP contribution in [0.3, 0.4) is 0 Å². The fourth-order valence-corrected chi connectivity index (χ4v) is 3.12. The third kappa shape index (κ3) is 2.07. The van der Waals surface area contributed by atoms with E-state index in [1.807, 2.05) is 12.1 Å². The predicted molar refractivity (Wildman–Crippen MR) is 91.5 cm³/mol. The van der Waals surface area contributed by atoms with Gasteiger partial charge in [-0.25, -0.2) is 0 Å². The molecule has 5 nitrogen and oxygen atoms in total. The lowest BCUT2D eigenvalue weighted by Gasteiger charge is -2.14. The van der Waals surface area contributed by atoms with Crippen molar-refractivity contribution in [2.24, 2.45) is 0 Å². The van der Waals surface area contributed by atoms with Crippen LogP contribution in [0.15, 0.2) is 12.1 Å². The Kier molecular flexibility index (Phi) is 3.72. The minimum atomic E-state index is 0.586. The third-order valence-electron chi connectivity index (χ3n) is 4.37. The average molecular weight is 315 g/mol. The summed E-state index contributed by atoms with van der Waals surface area (Å²) in [6, 6.07) is 3.96. The van der Waals surface area contributed by atoms with Gasteiger partial charge in [0.1, 0.15) is 5.75 Å². The molecule has 0 radical (unpaired) electrons. The number of aromatic nitrogens is 1. The molecule has 1 N–H and O–H groups in total. The number of hydrogen-bond acceptors (Lipinski definition) is 4. The summed E-state index contributed by atoms with van der Waals surface area (Å²) in [7, 11) is 6.53. The van der Waals surface area contributed by atoms with Crippen LogP contribution in [0.2, 0.25) is 0 Å². The second-order valence-corrected chi connectivity index (χ2v) is 5.46. The van der Waals surface area contributed by atoms with E-state index in [-0.39, 0.29) is 0 Å². The van der Waals surface area contributed by atoms with Crippen molar-refractivity contribution in [2.45, 2.75) is 13.8 Å². The van der Waals surface area contributed by atoms with Crippen molar-refractivity contribution in [1.82, 2.24) is 4.98 Å². The Balaban J connectivity index is 2.59. The lowest BCUT2D eigenvalue weighted by molar-refractivity contribution is 0.327. The van der Waals surface area contributed by atoms with Crippen molar-refractivity contribution < 1.29 is 18.9 Å². The largest absolute Gasteiger partial charge is 0.495 e. The maximum Gasteiger partial charge on any atom is 0.204 e. The second-order valence-electron chi connectivity index (χ2n) is 5.46. The fourth-order valence-electron chi connectivity index (χ4n) is 3.12. The molecular formula is C18H21NO4. The molecule has 3 rings (SSSR count). The number of aromatic amines is 1. The number of benzene rings is 2. The van der Waals surface area contributed by atoms with Crippen molar-refractivity contribution >= 4 is 21.8 Å². The predicted octanol–water partition coefficient (Wildman–Crippen LogP) is 3.97. The monoisotopic (exact) mass is 315 g/mol. The maximum absolute atomic E-state index is 5.66. The van der Waals surface area contributed by atoms with Gasteiger partial charge in [0.05, 0.1) is 44.9 Å². The van der Waals surface area contributed by atoms with E-state index in [2.05, 4.69) is 18.8 Å². The van der Waals surface area contributed by atoms with Gasteiger partial charge in [0.25, 0.3) is 0 Å². The number of methoxy groups -OCH3 is 4. The maximum atomic E-state index is 5.66. The molecule has 0 spiro atoms. The van der Waals surface area contributed by atoms with E-state index in [0.717, 1.165) is 33.1 Å². The van der Waals surface area contributed by atoms with E-state index >= 15 is 0 Å². The standard InChI is InChI=1S/C18H21NO4/c1-9-7-12(20-3)16-14(10(9)2)15-11(19-16)8-13(21-4)17(22-5)18(15)23-6/h7-8,19H,1-6H3. The zero-order chi connectivity index (χ0) is 16.7. The van der Waals surface area contributed by atoms with Gasteiger partial charge in [0.2, 0.25) is 5.75 Å². The summed E-state index contributed by atoms with van der Waals surface area (Å²) >= 11 is 0. The van der Waals surface area contributed by atoms with Crippen LogP contribution in [0.25, 0.3) is 21.8 Å². The Bertz CT molecular complexity index is 896. The summed E-state index contributed by atoms with van der Waals surface area (Å²) < 4.78 is 22.2. The van der Waals surface area contributed by atoms with Gasteiger partial charge in [0, 0.05) is 11.5 Å². The van der Waals surface area contributed by atoms with E-state index in [9.17, 15) is 0 Å². The van der Waals surface area contributed by atoms with Crippen molar-refractivity contribution in [3.05, 3.63) is 23.3 Å². The molecule has 0 atom stereocenters. The van der Waals surface area contributed by atoms with Crippen LogP contribution in [0, 0.1) is 13.8 Å². The van der Waals surface area contributed by atoms with Gasteiger partial charge in [-0.3, -0.25) is 0 Å². The van der Waals surface area contributed by atoms with Crippen LogP contribution in [-0.2, 0) is 0 Å². The zero-order valence-electron chi connectivity index (χ0n) is 14.3. The number of H-pyrrole nitrogens is 1. The summed E-state index contributed by atoms with van der Waals surface area (Å²) in [6.07, 6.45) is 0. The molecule has 0 bridgehead atoms. The quantitative estimate of drug-likeness (QED) is 0.791. The summed E-state index contributed by atoms with van der Waals surface area (Å²) in [5.74, 6) is 2.67. The van der Waals surface area contributed by atoms with E-state index in [1.165, 1.54) is 5.56 Å². The Labute approximate surface area is 135 Å². The van der Waals surface area contributed by atoms with Crippen LogP contribution in [0.5, 0.6) is 23.0 Å². The first-order valence-electron chi connectivity index (χ1n) is 7.35. The topological polar surface area (TPSA) is 52.7 Å². The first-order valence-corrected chi connectivity index (χ1v) is 7.35. The van der Waals surface area contributed by atoms with Crippen LogP contribution in [0.4, 0.5) is 0 Å². The first-order chi connectivity index (χ1) is 11.1. The molecule has 0 aliphatic carbocycles. The molecule has 0 saturated carbocycles. The number of fused-ring (bicyclic) bond motifs is 3. The van der Waals surface area contributed by atoms with Gasteiger partial charge in [0.15, 0.2) is 11.5 Å². The first kappa shape index (κ1) is 15.3. The van der Waals surface area contributed by atoms with Gasteiger partial charge in [-0.05, 0) is 31.0 Å². The Morgan fingerprint density at radius 3 is 1.96 bits per heavy atom. The Morgan fingerprint density at radius 2 is 1.39 bits per heavy atom. The fraction of sp³-hybridized carbons (Fsp3) is 0.333. The van der Waals surface area contributed by atoms with Crippen LogP contribution in [-0.4, -0.2) is 33.4 Å². The van der Waals surface area contributed by atoms with Gasteiger partial charge in [-0.2, -0.15) is 0 Å². The van der Waals surface area contributed by atoms with Crippen molar-refractivity contribution in [1.29, 1.82) is 0 Å². The van der Waals surface area contributed by atoms with E-state index in [4.69, 9.17) is 18.9 Å². The summed E-state index contributed by atoms with van der Waals surface area (Å²) in [5.41, 5.74) is 4.20. The molecule has 2 aromatic carbocycles. The van der Waals surface area contributed by atoms with Gasteiger partial charge in [-0.1, -0.05) is 0 Å². The summed E-state index contributed by atoms with van der Waals surface area (Å²) in [4.78, 5) is 3.43. The highest BCUT2D eigenvalue weighted by Crippen LogP contribution is 2.48. The highest BCUT2D eigenvalue weighted by Gasteiger charge is 2.22. The lowest BCUT2D eigenvalue weighted by atomic mass is 10.0. The minimum absolute atomic E-state index is 0.586. The number of nitrogens with one attached hydrogen (secondary N) is 1. The molecular weight excluding hydrogens is 294 g/mol. The van der Waals surface area contributed by atoms with Crippen LogP contribution < -0.4 is 18.9 Å². The molecule has 122 valence electrons. The molecule has 0 saturated heterocycles. The highest BCUT2D eigenvalue weighted by molar-refractivity contribution is 6.15. The van der Waals surface area contributed by atoms with Gasteiger partial charge >= 0.3 is 0 Å². The van der Waals surface area contributed by atoms with Crippen molar-refractivity contribution in [3.63, 3.8) is 0 Å². The molecule has 5 heteroatoms. The smallest absolute Gasteiger partial charge is 0.204 e. The number of rotatable bonds is 4. The van der Waals surface area contributed by atoms with Gasteiger partial charge < -0.3 is 23.9 Å². The molecule has 3 aromatic rings. The van der Waals surface area contributed by atoms with Crippen LogP contribution in [0.1, 0.15) is 11.1 Å². The van der Waals surface area contributed by atoms with Crippen molar-refractivity contribution in [3.8, 4) is 23.0 Å². The number of aryl methyl sites for hydroxylation is 2. The zero-order valence-corrected chi connectivity index (χ0v) is 14.3. The number of ether oxygens (including phenoxy) is 4. The Hall–Kier alpha value is -2.56. The molecule has 1 aromatic heterocycles. The van der Waals surface area contributed by atoms with Crippen LogP contribution >= 0.6 is 0 Å². The third-order valence-corrected chi connectivity index (χ3v) is 4.37. The highest BCUT2D eigenvalue weighted by atomic mass is 16.5. The summed E-state index contributed by atoms with van der Waals surface area (Å²) in [5, 5.41) is 2.05. The molecule has 0 unspecified atom stereocenters. The molecule has 0 aliphatic heterocycles. The summed E-state index contributed by atoms with van der Waals surface area (Å²) in [6.45, 7) is 4.17. The SMILES string of the molecule is COc1cc2[nH]c3c(OC)cc(C)c(C)c3c2c(OC)c1OC. The normalized spacial score (nSPS) is 11.0. The molecule has 0 fully saturated rings. The molecule has 0 amide bonds. The lowest BCUT2D eigenvalue weighted by Crippen LogP contribution is -1.95. The second kappa shape index (κ2) is 5.57. The molecule has 23 heavy (non-hydrogen) atoms. The van der Waals surface area contributed by atoms with E-state index < -0.39 is 0 Å².